The number of hydrazone groups is 1. The van der Waals surface area contributed by atoms with Gasteiger partial charge in [0.2, 0.25) is 0 Å². The summed E-state index contributed by atoms with van der Waals surface area (Å²) < 4.78 is 17.2. The van der Waals surface area contributed by atoms with Crippen molar-refractivity contribution in [2.45, 2.75) is 71.1 Å². The molecule has 0 saturated carbocycles. The van der Waals surface area contributed by atoms with Crippen LogP contribution in [0, 0.1) is 0 Å². The van der Waals surface area contributed by atoms with E-state index in [9.17, 15) is 9.59 Å². The molecule has 4 rings (SSSR count). The van der Waals surface area contributed by atoms with Gasteiger partial charge in [-0.05, 0) is 49.6 Å². The number of likely N-dealkylation sites (N-methyl/N-ethyl adjacent to an activating group) is 1. The van der Waals surface area contributed by atoms with Gasteiger partial charge in [0.25, 0.3) is 5.91 Å². The van der Waals surface area contributed by atoms with Crippen molar-refractivity contribution in [1.82, 2.24) is 9.91 Å². The highest BCUT2D eigenvalue weighted by atomic mass is 16.6. The number of amides is 1. The molecule has 9 nitrogen and oxygen atoms in total. The van der Waals surface area contributed by atoms with E-state index < -0.39 is 12.1 Å². The smallest absolute Gasteiger partial charge is 0.347 e. The average molecular weight is 549 g/mol. The van der Waals surface area contributed by atoms with E-state index in [0.29, 0.717) is 31.1 Å². The number of hydrogen-bond acceptors (Lipinski definition) is 8. The fraction of sp³-hybridized carbons (Fsp3) is 0.484. The van der Waals surface area contributed by atoms with Crippen molar-refractivity contribution >= 4 is 23.4 Å². The van der Waals surface area contributed by atoms with Crippen LogP contribution in [0.1, 0.15) is 52.0 Å². The number of ether oxygens (including phenoxy) is 3. The highest BCUT2D eigenvalue weighted by molar-refractivity contribution is 6.09. The van der Waals surface area contributed by atoms with Crippen LogP contribution in [0.2, 0.25) is 0 Å². The van der Waals surface area contributed by atoms with Gasteiger partial charge in [0.1, 0.15) is 30.0 Å². The molecule has 0 saturated heterocycles. The quantitative estimate of drug-likeness (QED) is 0.323. The Hall–Kier alpha value is -3.88. The minimum absolute atomic E-state index is 0.0307. The Bertz CT molecular complexity index is 1200. The number of carbonyl (C=O) groups excluding carboxylic acids is 2. The van der Waals surface area contributed by atoms with E-state index in [2.05, 4.69) is 18.9 Å². The Morgan fingerprint density at radius 2 is 1.70 bits per heavy atom. The fourth-order valence-electron chi connectivity index (χ4n) is 5.05. The van der Waals surface area contributed by atoms with Crippen LogP contribution in [-0.2, 0) is 20.7 Å². The maximum absolute atomic E-state index is 13.5. The predicted molar refractivity (Wildman–Crippen MR) is 155 cm³/mol. The number of nitrogens with zero attached hydrogens (tertiary/aromatic N) is 4. The van der Waals surface area contributed by atoms with Gasteiger partial charge in [0.15, 0.2) is 12.1 Å². The Balaban J connectivity index is 1.36. The highest BCUT2D eigenvalue weighted by Gasteiger charge is 2.46. The lowest BCUT2D eigenvalue weighted by Gasteiger charge is -2.35. The van der Waals surface area contributed by atoms with Crippen LogP contribution < -0.4 is 9.47 Å². The van der Waals surface area contributed by atoms with Gasteiger partial charge in [-0.1, -0.05) is 50.6 Å². The van der Waals surface area contributed by atoms with Gasteiger partial charge in [-0.3, -0.25) is 19.7 Å². The summed E-state index contributed by atoms with van der Waals surface area (Å²) in [6.07, 6.45) is 3.07. The third-order valence-electron chi connectivity index (χ3n) is 6.93. The summed E-state index contributed by atoms with van der Waals surface area (Å²) in [5, 5.41) is 6.40. The summed E-state index contributed by atoms with van der Waals surface area (Å²) in [7, 11) is 1.85. The lowest BCUT2D eigenvalue weighted by atomic mass is 9.98. The number of aliphatic imine (C=N–C) groups is 1. The molecule has 214 valence electrons. The average Bonchev–Trinajstić information content (AvgIpc) is 3.26. The third kappa shape index (κ3) is 7.00. The number of rotatable bonds is 14. The number of fused-ring (bicyclic) bond motifs is 1. The van der Waals surface area contributed by atoms with E-state index >= 15 is 0 Å². The van der Waals surface area contributed by atoms with Crippen LogP contribution in [0.5, 0.6) is 11.5 Å². The highest BCUT2D eigenvalue weighted by Crippen LogP contribution is 2.27. The molecule has 0 radical (unpaired) electrons. The van der Waals surface area contributed by atoms with Crippen LogP contribution in [-0.4, -0.2) is 78.3 Å². The topological polar surface area (TPSA) is 93.0 Å². The lowest BCUT2D eigenvalue weighted by Crippen LogP contribution is -2.56. The number of amidine groups is 1. The monoisotopic (exact) mass is 548 g/mol. The van der Waals surface area contributed by atoms with Crippen LogP contribution in [0.15, 0.2) is 64.7 Å². The number of para-hydroxylation sites is 1. The van der Waals surface area contributed by atoms with Crippen molar-refractivity contribution in [3.05, 3.63) is 60.2 Å². The zero-order valence-electron chi connectivity index (χ0n) is 23.9. The first-order chi connectivity index (χ1) is 19.4. The van der Waals surface area contributed by atoms with E-state index in [0.717, 1.165) is 42.8 Å². The minimum atomic E-state index is -0.755. The van der Waals surface area contributed by atoms with Crippen LogP contribution in [0.25, 0.3) is 0 Å². The molecular weight excluding hydrogens is 508 g/mol. The zero-order valence-corrected chi connectivity index (χ0v) is 23.9. The van der Waals surface area contributed by atoms with Crippen molar-refractivity contribution in [1.29, 1.82) is 0 Å². The summed E-state index contributed by atoms with van der Waals surface area (Å²) in [4.78, 5) is 32.8. The number of esters is 1. The Labute approximate surface area is 236 Å². The van der Waals surface area contributed by atoms with Gasteiger partial charge in [-0.25, -0.2) is 4.79 Å². The van der Waals surface area contributed by atoms with Crippen molar-refractivity contribution in [3.63, 3.8) is 0 Å². The molecule has 2 heterocycles. The standard InChI is InChI=1S/C31H40N4O5/c1-5-11-25-28-29(34(4)33-25)30(36)35(27(32-28)12-6-2)19-20-39-23-17-15-22(16-18-23)21-26(31(37)38-7-3)40-24-13-9-8-10-14-24/h8-10,13-18,26,28-29H,5-7,11-12,19-21H2,1-4H3. The van der Waals surface area contributed by atoms with Crippen molar-refractivity contribution in [2.24, 2.45) is 10.1 Å². The largest absolute Gasteiger partial charge is 0.492 e. The molecule has 0 fully saturated rings. The summed E-state index contributed by atoms with van der Waals surface area (Å²) in [6, 6.07) is 16.2. The molecule has 9 heteroatoms. The second-order valence-corrected chi connectivity index (χ2v) is 9.96. The number of benzene rings is 2. The van der Waals surface area contributed by atoms with Gasteiger partial charge in [0, 0.05) is 19.9 Å². The van der Waals surface area contributed by atoms with Crippen LogP contribution in [0.3, 0.4) is 0 Å². The van der Waals surface area contributed by atoms with Gasteiger partial charge in [-0.15, -0.1) is 0 Å². The fourth-order valence-corrected chi connectivity index (χ4v) is 5.05. The molecule has 0 bridgehead atoms. The molecule has 3 atom stereocenters. The molecule has 2 aromatic carbocycles. The molecule has 0 aliphatic carbocycles. The summed E-state index contributed by atoms with van der Waals surface area (Å²) in [6.45, 7) is 7.02. The SMILES string of the molecule is CCCC1=NN(C)C2C(=O)N(CCOc3ccc(CC(Oc4ccccc4)C(=O)OCC)cc3)C(CCC)=NC12. The first-order valence-electron chi connectivity index (χ1n) is 14.2. The molecule has 0 aromatic heterocycles. The molecule has 1 amide bonds. The van der Waals surface area contributed by atoms with Crippen LogP contribution >= 0.6 is 0 Å². The van der Waals surface area contributed by atoms with Crippen molar-refractivity contribution < 1.29 is 23.8 Å². The minimum Gasteiger partial charge on any atom is -0.492 e. The molecule has 40 heavy (non-hydrogen) atoms. The summed E-state index contributed by atoms with van der Waals surface area (Å²) >= 11 is 0. The Morgan fingerprint density at radius 3 is 2.38 bits per heavy atom. The van der Waals surface area contributed by atoms with Gasteiger partial charge in [-0.2, -0.15) is 5.10 Å². The first-order valence-corrected chi connectivity index (χ1v) is 14.2. The second-order valence-electron chi connectivity index (χ2n) is 9.96. The Morgan fingerprint density at radius 1 is 0.975 bits per heavy atom. The molecule has 2 aromatic rings. The van der Waals surface area contributed by atoms with E-state index in [1.54, 1.807) is 16.8 Å². The van der Waals surface area contributed by atoms with E-state index in [-0.39, 0.29) is 24.6 Å². The zero-order chi connectivity index (χ0) is 28.5. The normalized spacial score (nSPS) is 19.1. The van der Waals surface area contributed by atoms with Gasteiger partial charge in [0.05, 0.1) is 18.9 Å². The molecule has 0 spiro atoms. The van der Waals surface area contributed by atoms with Gasteiger partial charge >= 0.3 is 5.97 Å². The first kappa shape index (κ1) is 29.1. The molecule has 3 unspecified atom stereocenters. The van der Waals surface area contributed by atoms with E-state index in [4.69, 9.17) is 19.2 Å². The third-order valence-corrected chi connectivity index (χ3v) is 6.93. The summed E-state index contributed by atoms with van der Waals surface area (Å²) in [5.41, 5.74) is 1.91. The molecule has 0 N–H and O–H groups in total. The lowest BCUT2D eigenvalue weighted by molar-refractivity contribution is -0.151. The molecule has 2 aliphatic rings. The number of carbonyl (C=O) groups is 2. The number of hydrogen-bond donors (Lipinski definition) is 0. The van der Waals surface area contributed by atoms with Crippen molar-refractivity contribution in [2.75, 3.05) is 26.8 Å². The summed E-state index contributed by atoms with van der Waals surface area (Å²) in [5.74, 6) is 1.74. The molecular formula is C31H40N4O5. The second kappa shape index (κ2) is 14.0. The maximum atomic E-state index is 13.5. The Kier molecular flexibility index (Phi) is 10.2. The van der Waals surface area contributed by atoms with Gasteiger partial charge < -0.3 is 14.2 Å². The van der Waals surface area contributed by atoms with E-state index in [1.807, 2.05) is 61.6 Å². The predicted octanol–water partition coefficient (Wildman–Crippen LogP) is 4.50. The maximum Gasteiger partial charge on any atom is 0.347 e. The van der Waals surface area contributed by atoms with Crippen molar-refractivity contribution in [3.8, 4) is 11.5 Å². The van der Waals surface area contributed by atoms with E-state index in [1.165, 1.54) is 0 Å². The van der Waals surface area contributed by atoms with Crippen LogP contribution in [0.4, 0.5) is 0 Å². The molecule has 2 aliphatic heterocycles.